The van der Waals surface area contributed by atoms with E-state index in [4.69, 9.17) is 4.74 Å². The van der Waals surface area contributed by atoms with Crippen LogP contribution in [0.15, 0.2) is 23.3 Å². The van der Waals surface area contributed by atoms with E-state index in [-0.39, 0.29) is 0 Å². The van der Waals surface area contributed by atoms with Gasteiger partial charge in [-0.2, -0.15) is 0 Å². The topological polar surface area (TPSA) is 9.23 Å². The lowest BCUT2D eigenvalue weighted by Crippen LogP contribution is -2.50. The molecule has 6 fully saturated rings. The number of rotatable bonds is 26. The lowest BCUT2D eigenvalue weighted by Gasteiger charge is -2.58. The van der Waals surface area contributed by atoms with Crippen molar-refractivity contribution in [3.8, 4) is 0 Å². The van der Waals surface area contributed by atoms with Gasteiger partial charge in [0.05, 0.1) is 66.0 Å². The minimum Gasteiger partial charge on any atom is -0.370 e. The lowest BCUT2D eigenvalue weighted by atomic mass is 9.47. The first-order valence-electron chi connectivity index (χ1n) is 31.8. The molecule has 8 aliphatic carbocycles. The molecule has 0 N–H and O–H groups in total. The van der Waals surface area contributed by atoms with Crippen molar-refractivity contribution in [1.29, 1.82) is 0 Å². The Morgan fingerprint density at radius 2 is 0.918 bits per heavy atom. The predicted octanol–water partition coefficient (Wildman–Crippen LogP) is 18.7. The molecule has 0 aliphatic heterocycles. The van der Waals surface area contributed by atoms with Crippen LogP contribution in [-0.2, 0) is 4.74 Å². The fourth-order valence-electron chi connectivity index (χ4n) is 19.3. The number of nitrogens with zero attached hydrogens (tertiary/aromatic N) is 2. The molecule has 7 heteroatoms. The van der Waals surface area contributed by atoms with Crippen LogP contribution in [0.25, 0.3) is 0 Å². The van der Waals surface area contributed by atoms with E-state index in [1.807, 2.05) is 11.1 Å². The minimum absolute atomic E-state index is 0.470. The Balaban J connectivity index is 0.676. The smallest absolute Gasteiger partial charge is 0.102 e. The van der Waals surface area contributed by atoms with Crippen LogP contribution in [0.4, 0.5) is 0 Å². The number of hydrogen-bond donors (Lipinski definition) is 0. The van der Waals surface area contributed by atoms with Gasteiger partial charge in [0.2, 0.25) is 0 Å². The summed E-state index contributed by atoms with van der Waals surface area (Å²) in [6, 6.07) is 0. The molecule has 0 heterocycles. The zero-order chi connectivity index (χ0) is 52.4. The van der Waals surface area contributed by atoms with Gasteiger partial charge < -0.3 is 13.7 Å². The van der Waals surface area contributed by atoms with Crippen molar-refractivity contribution in [3.63, 3.8) is 0 Å². The number of likely N-dealkylation sites (N-methyl/N-ethyl adjacent to an activating group) is 2. The highest BCUT2D eigenvalue weighted by atomic mass is 33.1. The van der Waals surface area contributed by atoms with E-state index in [9.17, 15) is 0 Å². The molecule has 0 bridgehead atoms. The monoisotopic (exact) mass is 1080 g/mol. The van der Waals surface area contributed by atoms with Crippen LogP contribution in [0.1, 0.15) is 210 Å². The molecule has 0 radical (unpaired) electrons. The molecule has 16 atom stereocenters. The highest BCUT2D eigenvalue weighted by molar-refractivity contribution is 8.77. The molecule has 0 aromatic rings. The van der Waals surface area contributed by atoms with Crippen molar-refractivity contribution < 1.29 is 13.7 Å². The summed E-state index contributed by atoms with van der Waals surface area (Å²) in [5.74, 6) is 13.6. The second-order valence-electron chi connectivity index (χ2n) is 30.5. The van der Waals surface area contributed by atoms with Crippen molar-refractivity contribution in [2.45, 2.75) is 221 Å². The van der Waals surface area contributed by atoms with Crippen LogP contribution in [0.2, 0.25) is 0 Å². The lowest BCUT2D eigenvalue weighted by molar-refractivity contribution is -0.891. The molecule has 73 heavy (non-hydrogen) atoms. The van der Waals surface area contributed by atoms with E-state index in [0.29, 0.717) is 21.7 Å². The third-order valence-electron chi connectivity index (χ3n) is 24.2. The molecule has 3 nitrogen and oxygen atoms in total. The van der Waals surface area contributed by atoms with Gasteiger partial charge in [0, 0.05) is 10.5 Å². The van der Waals surface area contributed by atoms with Gasteiger partial charge in [0.1, 0.15) is 13.1 Å². The summed E-state index contributed by atoms with van der Waals surface area (Å²) in [5, 5.41) is 1.60. The first kappa shape index (κ1) is 59.9. The highest BCUT2D eigenvalue weighted by Crippen LogP contribution is 2.70. The fraction of sp³-hybridized carbons (Fsp3) is 0.939. The summed E-state index contributed by atoms with van der Waals surface area (Å²) in [7, 11) is 18.5. The molecule has 420 valence electrons. The fourth-order valence-corrected chi connectivity index (χ4v) is 25.1. The van der Waals surface area contributed by atoms with Crippen LogP contribution in [0.5, 0.6) is 0 Å². The predicted molar refractivity (Wildman–Crippen MR) is 328 cm³/mol. The SMILES string of the molecule is CC(C)CCC[C@@H](C)[C@H]1CC[C@H]2[C@@H]3CC=C4C[C@@H](SSCC[N+](C)(C)CCOCC[N+](C)(C)CCSS[C@H]5CC[C@@]6(C)C(=CC[C@H]7[C@@H]8CC[C@H]([C@H](C)CCCC(C)C)[C@@]8(C)CC[C@@H]76)C5)CC[C@]4(C)[C@H]3CC[C@]12C. The van der Waals surface area contributed by atoms with Gasteiger partial charge in [0.15, 0.2) is 0 Å². The molecule has 0 unspecified atom stereocenters. The second-order valence-corrected chi connectivity index (χ2v) is 36.1. The number of ether oxygens (including phenoxy) is 1. The standard InChI is InChI=1S/C66H118N2OS4/c1-47(2)17-15-19-49(5)57-25-27-59-55-23-21-51-45-53(29-33-63(51,7)61(55)31-35-65(57,59)9)72-70-43-39-67(11,12)37-41-69-42-38-68(13,14)40-44-71-73-54-30-34-64(8)52(46-54)22-24-56-60-28-26-58(50(6)20-16-18-48(3)4)66(60,10)36-32-62(56)64/h21-22,47-50,53-62H,15-20,23-46H2,1-14H3/q+2/t49-,50-,53+,54+,55+,56+,57-,58-,59+,60+,61+,62+,63+,64+,65-,66-/m1/s1. The first-order valence-corrected chi connectivity index (χ1v) is 36.5. The maximum Gasteiger partial charge on any atom is 0.102 e. The van der Waals surface area contributed by atoms with E-state index in [2.05, 4.69) is 153 Å². The van der Waals surface area contributed by atoms with Crippen molar-refractivity contribution in [3.05, 3.63) is 23.3 Å². The molecule has 6 saturated carbocycles. The molecule has 8 rings (SSSR count). The van der Waals surface area contributed by atoms with Gasteiger partial charge in [-0.3, -0.25) is 0 Å². The molecule has 0 amide bonds. The maximum atomic E-state index is 6.37. The van der Waals surface area contributed by atoms with Gasteiger partial charge in [0.25, 0.3) is 0 Å². The van der Waals surface area contributed by atoms with Gasteiger partial charge in [-0.05, 0) is 195 Å². The van der Waals surface area contributed by atoms with Gasteiger partial charge in [-0.15, -0.1) is 0 Å². The third-order valence-corrected chi connectivity index (χ3v) is 29.9. The Morgan fingerprint density at radius 3 is 1.32 bits per heavy atom. The quantitative estimate of drug-likeness (QED) is 0.0368. The number of fused-ring (bicyclic) bond motifs is 10. The zero-order valence-electron chi connectivity index (χ0n) is 50.4. The molecular weight excluding hydrogens is 965 g/mol. The Labute approximate surface area is 469 Å². The Morgan fingerprint density at radius 1 is 0.507 bits per heavy atom. The van der Waals surface area contributed by atoms with Crippen molar-refractivity contribution in [2.24, 2.45) is 92.7 Å². The largest absolute Gasteiger partial charge is 0.370 e. The molecule has 0 spiro atoms. The molecule has 0 saturated heterocycles. The average molecular weight is 1080 g/mol. The van der Waals surface area contributed by atoms with Crippen LogP contribution in [0, 0.1) is 92.7 Å². The maximum absolute atomic E-state index is 6.37. The highest BCUT2D eigenvalue weighted by Gasteiger charge is 2.61. The third kappa shape index (κ3) is 13.8. The zero-order valence-corrected chi connectivity index (χ0v) is 53.7. The van der Waals surface area contributed by atoms with Crippen LogP contribution < -0.4 is 0 Å². The Kier molecular flexibility index (Phi) is 20.7. The summed E-state index contributed by atoms with van der Waals surface area (Å²) < 4.78 is 8.49. The summed E-state index contributed by atoms with van der Waals surface area (Å²) in [6.07, 6.45) is 37.5. The molecular formula is C66H118N2OS4+2. The van der Waals surface area contributed by atoms with Crippen molar-refractivity contribution in [2.75, 3.05) is 79.1 Å². The summed E-state index contributed by atoms with van der Waals surface area (Å²) >= 11 is 0. The van der Waals surface area contributed by atoms with Gasteiger partial charge in [-0.1, -0.05) is 174 Å². The van der Waals surface area contributed by atoms with Crippen molar-refractivity contribution in [1.82, 2.24) is 0 Å². The van der Waals surface area contributed by atoms with E-state index in [0.717, 1.165) is 117 Å². The van der Waals surface area contributed by atoms with Crippen LogP contribution >= 0.6 is 43.2 Å². The number of quaternary nitrogens is 2. The van der Waals surface area contributed by atoms with Crippen molar-refractivity contribution >= 4 is 43.2 Å². The number of hydrogen-bond acceptors (Lipinski definition) is 5. The molecule has 0 aromatic carbocycles. The van der Waals surface area contributed by atoms with E-state index in [1.165, 1.54) is 166 Å². The summed E-state index contributed by atoms with van der Waals surface area (Å²) in [4.78, 5) is 0. The molecule has 0 aromatic heterocycles. The number of allylic oxidation sites excluding steroid dienone is 4. The van der Waals surface area contributed by atoms with Gasteiger partial charge in [-0.25, -0.2) is 0 Å². The van der Waals surface area contributed by atoms with Crippen LogP contribution in [0.3, 0.4) is 0 Å². The van der Waals surface area contributed by atoms with E-state index >= 15 is 0 Å². The van der Waals surface area contributed by atoms with Crippen LogP contribution in [-0.4, -0.2) is 98.6 Å². The Bertz CT molecular complexity index is 1700. The first-order chi connectivity index (χ1) is 34.6. The summed E-state index contributed by atoms with van der Waals surface area (Å²) in [6.45, 7) is 32.3. The average Bonchev–Trinajstić information content (AvgIpc) is 3.88. The minimum atomic E-state index is 0.470. The molecule has 8 aliphatic rings. The Hall–Kier alpha value is 0.760. The second kappa shape index (κ2) is 25.3. The van der Waals surface area contributed by atoms with Gasteiger partial charge >= 0.3 is 0 Å². The van der Waals surface area contributed by atoms with E-state index < -0.39 is 0 Å². The summed E-state index contributed by atoms with van der Waals surface area (Å²) in [5.41, 5.74) is 5.87. The van der Waals surface area contributed by atoms with E-state index in [1.54, 1.807) is 0 Å². The normalized spacial score (nSPS) is 39.2.